The predicted molar refractivity (Wildman–Crippen MR) is 58.3 cm³/mol. The molecule has 2 heteroatoms. The number of H-pyrrole nitrogens is 1. The van der Waals surface area contributed by atoms with Crippen LogP contribution in [-0.4, -0.2) is 10.2 Å². The fraction of sp³-hybridized carbons (Fsp3) is 0.182. The van der Waals surface area contributed by atoms with Crippen LogP contribution in [0.15, 0.2) is 43.6 Å². The Kier molecular flexibility index (Phi) is 6.24. The molecule has 0 atom stereocenters. The van der Waals surface area contributed by atoms with Crippen LogP contribution in [0.2, 0.25) is 0 Å². The number of aromatic amines is 1. The van der Waals surface area contributed by atoms with Crippen molar-refractivity contribution in [1.29, 1.82) is 0 Å². The van der Waals surface area contributed by atoms with Gasteiger partial charge in [0.15, 0.2) is 0 Å². The van der Waals surface area contributed by atoms with E-state index in [4.69, 9.17) is 0 Å². The number of nitrogens with zero attached hydrogens (tertiary/aromatic N) is 1. The topological polar surface area (TPSA) is 28.7 Å². The minimum Gasteiger partial charge on any atom is -0.278 e. The largest absolute Gasteiger partial charge is 0.278 e. The highest BCUT2D eigenvalue weighted by molar-refractivity contribution is 5.71. The van der Waals surface area contributed by atoms with Gasteiger partial charge in [-0.2, -0.15) is 5.10 Å². The molecule has 0 aliphatic heterocycles. The number of rotatable bonds is 3. The minimum absolute atomic E-state index is 0.958. The Bertz CT molecular complexity index is 268. The fourth-order valence-electron chi connectivity index (χ4n) is 0.811. The summed E-state index contributed by atoms with van der Waals surface area (Å²) < 4.78 is 0. The zero-order chi connectivity index (χ0) is 10.1. The van der Waals surface area contributed by atoms with Gasteiger partial charge in [0.25, 0.3) is 0 Å². The molecule has 0 unspecified atom stereocenters. The highest BCUT2D eigenvalue weighted by Gasteiger charge is 1.94. The Morgan fingerprint density at radius 3 is 2.54 bits per heavy atom. The molecule has 0 radical (unpaired) electrons. The van der Waals surface area contributed by atoms with Gasteiger partial charge in [-0.3, -0.25) is 5.10 Å². The first-order valence-electron chi connectivity index (χ1n) is 4.33. The number of aromatic nitrogens is 2. The quantitative estimate of drug-likeness (QED) is 0.704. The van der Waals surface area contributed by atoms with Crippen LogP contribution in [0.3, 0.4) is 0 Å². The Morgan fingerprint density at radius 1 is 1.46 bits per heavy atom. The van der Waals surface area contributed by atoms with Gasteiger partial charge < -0.3 is 0 Å². The average molecular weight is 176 g/mol. The van der Waals surface area contributed by atoms with Gasteiger partial charge in [0, 0.05) is 6.20 Å². The molecule has 0 aliphatic carbocycles. The van der Waals surface area contributed by atoms with E-state index in [-0.39, 0.29) is 0 Å². The molecule has 1 N–H and O–H groups in total. The van der Waals surface area contributed by atoms with Crippen molar-refractivity contribution in [2.45, 2.75) is 13.8 Å². The Hall–Kier alpha value is -1.57. The summed E-state index contributed by atoms with van der Waals surface area (Å²) in [5, 5.41) is 6.66. The first-order chi connectivity index (χ1) is 6.38. The number of nitrogens with one attached hydrogen (secondary N) is 1. The lowest BCUT2D eigenvalue weighted by Crippen LogP contribution is -1.79. The molecular formula is C11H16N2. The summed E-state index contributed by atoms with van der Waals surface area (Å²) >= 11 is 0. The average Bonchev–Trinajstić information content (AvgIpc) is 2.70. The van der Waals surface area contributed by atoms with Gasteiger partial charge in [-0.25, -0.2) is 0 Å². The second kappa shape index (κ2) is 7.10. The van der Waals surface area contributed by atoms with E-state index in [0.29, 0.717) is 0 Å². The number of hydrogen-bond donors (Lipinski definition) is 1. The standard InChI is InChI=1S/C9H10N2.C2H6/c1-3-5-8(4-2)9-6-7-10-11-9;1-2/h3-7H,1-2H2,(H,10,11);1-2H3/b8-5+;. The third-order valence-corrected chi connectivity index (χ3v) is 1.33. The summed E-state index contributed by atoms with van der Waals surface area (Å²) in [6.45, 7) is 11.3. The van der Waals surface area contributed by atoms with E-state index in [2.05, 4.69) is 23.4 Å². The zero-order valence-corrected chi connectivity index (χ0v) is 8.25. The molecule has 0 amide bonds. The molecule has 0 spiro atoms. The van der Waals surface area contributed by atoms with Crippen LogP contribution in [0, 0.1) is 0 Å². The van der Waals surface area contributed by atoms with Crippen molar-refractivity contribution in [3.63, 3.8) is 0 Å². The lowest BCUT2D eigenvalue weighted by molar-refractivity contribution is 1.08. The third kappa shape index (κ3) is 3.56. The van der Waals surface area contributed by atoms with Crippen molar-refractivity contribution >= 4 is 5.57 Å². The molecule has 1 heterocycles. The van der Waals surface area contributed by atoms with Gasteiger partial charge >= 0.3 is 0 Å². The van der Waals surface area contributed by atoms with Crippen LogP contribution < -0.4 is 0 Å². The maximum atomic E-state index is 3.83. The summed E-state index contributed by atoms with van der Waals surface area (Å²) in [7, 11) is 0. The molecule has 0 aliphatic rings. The van der Waals surface area contributed by atoms with Crippen LogP contribution in [0.25, 0.3) is 5.57 Å². The van der Waals surface area contributed by atoms with Crippen molar-refractivity contribution in [2.75, 3.05) is 0 Å². The number of allylic oxidation sites excluding steroid dienone is 4. The molecule has 0 fully saturated rings. The molecule has 0 bridgehead atoms. The van der Waals surface area contributed by atoms with E-state index in [1.165, 1.54) is 0 Å². The highest BCUT2D eigenvalue weighted by atomic mass is 15.1. The Labute approximate surface area is 79.7 Å². The van der Waals surface area contributed by atoms with Gasteiger partial charge in [0.1, 0.15) is 0 Å². The van der Waals surface area contributed by atoms with Gasteiger partial charge in [-0.05, 0) is 11.6 Å². The first-order valence-corrected chi connectivity index (χ1v) is 4.33. The lowest BCUT2D eigenvalue weighted by Gasteiger charge is -1.93. The molecule has 13 heavy (non-hydrogen) atoms. The molecule has 0 aromatic carbocycles. The SMILES string of the molecule is C=C/C=C(\C=C)c1ccn[nH]1.CC. The van der Waals surface area contributed by atoms with Crippen LogP contribution in [0.4, 0.5) is 0 Å². The van der Waals surface area contributed by atoms with Gasteiger partial charge in [-0.15, -0.1) is 0 Å². The fourth-order valence-corrected chi connectivity index (χ4v) is 0.811. The summed E-state index contributed by atoms with van der Waals surface area (Å²) in [6, 6.07) is 1.89. The molecule has 1 aromatic heterocycles. The van der Waals surface area contributed by atoms with Crippen LogP contribution >= 0.6 is 0 Å². The van der Waals surface area contributed by atoms with Crippen LogP contribution in [0.1, 0.15) is 19.5 Å². The zero-order valence-electron chi connectivity index (χ0n) is 8.25. The maximum absolute atomic E-state index is 3.83. The van der Waals surface area contributed by atoms with Gasteiger partial charge in [-0.1, -0.05) is 45.2 Å². The molecule has 70 valence electrons. The van der Waals surface area contributed by atoms with Crippen molar-refractivity contribution in [3.8, 4) is 0 Å². The molecule has 1 aromatic rings. The molecule has 0 saturated carbocycles. The predicted octanol–water partition coefficient (Wildman–Crippen LogP) is 3.19. The Morgan fingerprint density at radius 2 is 2.15 bits per heavy atom. The van der Waals surface area contributed by atoms with E-state index < -0.39 is 0 Å². The molecule has 0 saturated heterocycles. The van der Waals surface area contributed by atoms with E-state index in [1.54, 1.807) is 18.3 Å². The third-order valence-electron chi connectivity index (χ3n) is 1.33. The lowest BCUT2D eigenvalue weighted by atomic mass is 10.2. The molecular weight excluding hydrogens is 160 g/mol. The van der Waals surface area contributed by atoms with E-state index >= 15 is 0 Å². The maximum Gasteiger partial charge on any atom is 0.0649 e. The van der Waals surface area contributed by atoms with E-state index in [9.17, 15) is 0 Å². The minimum atomic E-state index is 0.958. The van der Waals surface area contributed by atoms with E-state index in [1.807, 2.05) is 26.0 Å². The smallest absolute Gasteiger partial charge is 0.0649 e. The highest BCUT2D eigenvalue weighted by Crippen LogP contribution is 2.10. The first kappa shape index (κ1) is 11.4. The van der Waals surface area contributed by atoms with Crippen molar-refractivity contribution in [3.05, 3.63) is 49.3 Å². The van der Waals surface area contributed by atoms with Crippen molar-refractivity contribution < 1.29 is 0 Å². The normalized spacial score (nSPS) is 9.85. The number of hydrogen-bond acceptors (Lipinski definition) is 1. The summed E-state index contributed by atoms with van der Waals surface area (Å²) in [5.41, 5.74) is 1.96. The van der Waals surface area contributed by atoms with Crippen molar-refractivity contribution in [2.24, 2.45) is 0 Å². The summed E-state index contributed by atoms with van der Waals surface area (Å²) in [6.07, 6.45) is 7.06. The summed E-state index contributed by atoms with van der Waals surface area (Å²) in [4.78, 5) is 0. The van der Waals surface area contributed by atoms with Crippen molar-refractivity contribution in [1.82, 2.24) is 10.2 Å². The second-order valence-electron chi connectivity index (χ2n) is 2.03. The summed E-state index contributed by atoms with van der Waals surface area (Å²) in [5.74, 6) is 0. The molecule has 2 nitrogen and oxygen atoms in total. The Balaban J connectivity index is 0.000000671. The van der Waals surface area contributed by atoms with Gasteiger partial charge in [0.2, 0.25) is 0 Å². The van der Waals surface area contributed by atoms with Crippen LogP contribution in [0.5, 0.6) is 0 Å². The van der Waals surface area contributed by atoms with Crippen LogP contribution in [-0.2, 0) is 0 Å². The monoisotopic (exact) mass is 176 g/mol. The second-order valence-corrected chi connectivity index (χ2v) is 2.03. The molecule has 1 rings (SSSR count). The van der Waals surface area contributed by atoms with Gasteiger partial charge in [0.05, 0.1) is 5.69 Å². The van der Waals surface area contributed by atoms with E-state index in [0.717, 1.165) is 11.3 Å².